The minimum Gasteiger partial charge on any atom is -0.496 e. The van der Waals surface area contributed by atoms with E-state index in [2.05, 4.69) is 25.8 Å². The molecule has 1 aliphatic heterocycles. The molecule has 3 heterocycles. The van der Waals surface area contributed by atoms with Crippen molar-refractivity contribution in [3.63, 3.8) is 0 Å². The van der Waals surface area contributed by atoms with Crippen LogP contribution in [0.1, 0.15) is 43.1 Å². The molecule has 2 aromatic heterocycles. The Hall–Kier alpha value is -3.66. The van der Waals surface area contributed by atoms with Crippen molar-refractivity contribution in [1.29, 1.82) is 0 Å². The summed E-state index contributed by atoms with van der Waals surface area (Å²) in [5.74, 6) is 0.497. The Kier molecular flexibility index (Phi) is 6.66. The maximum atomic E-state index is 13.3. The lowest BCUT2D eigenvalue weighted by atomic mass is 9.97. The van der Waals surface area contributed by atoms with E-state index >= 15 is 0 Å². The van der Waals surface area contributed by atoms with Crippen LogP contribution in [0.2, 0.25) is 0 Å². The number of aromatic amines is 1. The van der Waals surface area contributed by atoms with Gasteiger partial charge < -0.3 is 14.6 Å². The lowest BCUT2D eigenvalue weighted by Crippen LogP contribution is -2.41. The molecule has 1 fully saturated rings. The van der Waals surface area contributed by atoms with Gasteiger partial charge in [0.25, 0.3) is 21.5 Å². The van der Waals surface area contributed by atoms with Gasteiger partial charge in [-0.1, -0.05) is 18.6 Å². The zero-order valence-electron chi connectivity index (χ0n) is 21.0. The predicted molar refractivity (Wildman–Crippen MR) is 138 cm³/mol. The lowest BCUT2D eigenvalue weighted by Gasteiger charge is -2.34. The Balaban J connectivity index is 1.83. The molecular weight excluding hydrogens is 480 g/mol. The van der Waals surface area contributed by atoms with E-state index in [9.17, 15) is 18.0 Å². The van der Waals surface area contributed by atoms with Crippen molar-refractivity contribution < 1.29 is 17.9 Å². The van der Waals surface area contributed by atoms with Crippen LogP contribution in [-0.4, -0.2) is 43.5 Å². The molecule has 190 valence electrons. The Morgan fingerprint density at radius 2 is 1.97 bits per heavy atom. The number of ether oxygens (including phenoxy) is 1. The highest BCUT2D eigenvalue weighted by atomic mass is 32.2. The third kappa shape index (κ3) is 4.86. The summed E-state index contributed by atoms with van der Waals surface area (Å²) in [6.45, 7) is 8.88. The zero-order chi connectivity index (χ0) is 26.3. The second-order valence-electron chi connectivity index (χ2n) is 9.80. The molecule has 9 nitrogen and oxygen atoms in total. The van der Waals surface area contributed by atoms with Crippen LogP contribution in [0, 0.1) is 12.8 Å². The number of carbonyl (C=O) groups excluding carboxylic acids is 1. The number of aromatic nitrogens is 2. The Bertz CT molecular complexity index is 1480. The molecular formula is C26H30N4O5S. The van der Waals surface area contributed by atoms with Crippen LogP contribution in [0.4, 0.5) is 5.82 Å². The van der Waals surface area contributed by atoms with Crippen LogP contribution in [-0.2, 0) is 10.0 Å². The van der Waals surface area contributed by atoms with Gasteiger partial charge in [-0.05, 0) is 69.5 Å². The predicted octanol–water partition coefficient (Wildman–Crippen LogP) is 3.50. The highest BCUT2D eigenvalue weighted by molar-refractivity contribution is 7.90. The molecule has 10 heteroatoms. The number of hydrogen-bond donors (Lipinski definition) is 2. The minimum absolute atomic E-state index is 0.100. The number of amides is 1. The number of pyridine rings is 2. The Morgan fingerprint density at radius 3 is 2.61 bits per heavy atom. The number of anilines is 1. The van der Waals surface area contributed by atoms with E-state index in [4.69, 9.17) is 9.72 Å². The third-order valence-corrected chi connectivity index (χ3v) is 7.73. The summed E-state index contributed by atoms with van der Waals surface area (Å²) in [5.41, 5.74) is 1.35. The number of hydrogen-bond acceptors (Lipinski definition) is 7. The Morgan fingerprint density at radius 1 is 1.22 bits per heavy atom. The van der Waals surface area contributed by atoms with E-state index in [1.54, 1.807) is 19.2 Å². The summed E-state index contributed by atoms with van der Waals surface area (Å²) in [7, 11) is -2.82. The minimum atomic E-state index is -4.41. The fourth-order valence-electron chi connectivity index (χ4n) is 4.81. The fraction of sp³-hybridized carbons (Fsp3) is 0.346. The summed E-state index contributed by atoms with van der Waals surface area (Å²) in [6, 6.07) is 11.5. The monoisotopic (exact) mass is 510 g/mol. The van der Waals surface area contributed by atoms with Crippen molar-refractivity contribution in [3.8, 4) is 17.0 Å². The van der Waals surface area contributed by atoms with Gasteiger partial charge in [0, 0.05) is 23.8 Å². The standard InChI is InChI=1S/C26H30N4O5S/c1-16-8-11-21(35-5)19(13-16)20-10-9-18(23(28-20)30-15-17(2)14-26(30,3)4)24(31)29-36(33,34)22-7-6-12-27-25(22)32/h6-13,17H,14-15H2,1-5H3,(H,27,32)(H,29,31)/t17-/m0/s1. The zero-order valence-corrected chi connectivity index (χ0v) is 21.8. The van der Waals surface area contributed by atoms with E-state index in [0.29, 0.717) is 29.7 Å². The van der Waals surface area contributed by atoms with Gasteiger partial charge in [-0.3, -0.25) is 9.59 Å². The number of rotatable bonds is 6. The number of methoxy groups -OCH3 is 1. The molecule has 0 aliphatic carbocycles. The van der Waals surface area contributed by atoms with Crippen molar-refractivity contribution in [2.45, 2.75) is 44.6 Å². The van der Waals surface area contributed by atoms with Crippen LogP contribution in [0.25, 0.3) is 11.3 Å². The van der Waals surface area contributed by atoms with Gasteiger partial charge in [-0.25, -0.2) is 18.1 Å². The van der Waals surface area contributed by atoms with E-state index in [0.717, 1.165) is 23.6 Å². The lowest BCUT2D eigenvalue weighted by molar-refractivity contribution is 0.0981. The van der Waals surface area contributed by atoms with E-state index in [-0.39, 0.29) is 11.1 Å². The Labute approximate surface area is 210 Å². The molecule has 1 atom stereocenters. The fourth-order valence-corrected chi connectivity index (χ4v) is 5.84. The second-order valence-corrected chi connectivity index (χ2v) is 11.5. The van der Waals surface area contributed by atoms with Crippen LogP contribution in [0.15, 0.2) is 58.4 Å². The molecule has 0 bridgehead atoms. The number of benzene rings is 1. The van der Waals surface area contributed by atoms with Crippen molar-refractivity contribution >= 4 is 21.7 Å². The average molecular weight is 511 g/mol. The van der Waals surface area contributed by atoms with Crippen LogP contribution in [0.5, 0.6) is 5.75 Å². The molecule has 0 saturated carbocycles. The first-order chi connectivity index (χ1) is 16.9. The second kappa shape index (κ2) is 9.42. The summed E-state index contributed by atoms with van der Waals surface area (Å²) < 4.78 is 33.3. The van der Waals surface area contributed by atoms with Gasteiger partial charge in [0.1, 0.15) is 11.6 Å². The van der Waals surface area contributed by atoms with Gasteiger partial charge in [0.2, 0.25) is 0 Å². The molecule has 1 amide bonds. The van der Waals surface area contributed by atoms with E-state index in [1.807, 2.05) is 34.7 Å². The average Bonchev–Trinajstić information content (AvgIpc) is 3.10. The summed E-state index contributed by atoms with van der Waals surface area (Å²) in [4.78, 5) is 34.1. The van der Waals surface area contributed by atoms with Crippen molar-refractivity contribution in [1.82, 2.24) is 14.7 Å². The normalized spacial score (nSPS) is 17.1. The SMILES string of the molecule is COc1ccc(C)cc1-c1ccc(C(=O)NS(=O)(=O)c2ccc[nH]c2=O)c(N2C[C@@H](C)CC2(C)C)n1. The molecule has 1 saturated heterocycles. The molecule has 0 unspecified atom stereocenters. The number of aryl methyl sites for hydroxylation is 1. The maximum Gasteiger partial charge on any atom is 0.269 e. The molecule has 4 rings (SSSR count). The van der Waals surface area contributed by atoms with E-state index < -0.39 is 26.4 Å². The van der Waals surface area contributed by atoms with Crippen LogP contribution >= 0.6 is 0 Å². The first-order valence-electron chi connectivity index (χ1n) is 11.6. The van der Waals surface area contributed by atoms with Crippen molar-refractivity contribution in [2.24, 2.45) is 5.92 Å². The highest BCUT2D eigenvalue weighted by Crippen LogP contribution is 2.39. The molecule has 1 aliphatic rings. The molecule has 1 aromatic carbocycles. The molecule has 0 spiro atoms. The van der Waals surface area contributed by atoms with Gasteiger partial charge in [0.15, 0.2) is 4.90 Å². The maximum absolute atomic E-state index is 13.3. The summed E-state index contributed by atoms with van der Waals surface area (Å²) in [5, 5.41) is 0. The van der Waals surface area contributed by atoms with Gasteiger partial charge in [0.05, 0.1) is 18.4 Å². The first kappa shape index (κ1) is 25.4. The molecule has 36 heavy (non-hydrogen) atoms. The first-order valence-corrected chi connectivity index (χ1v) is 13.1. The van der Waals surface area contributed by atoms with Crippen LogP contribution in [0.3, 0.4) is 0 Å². The van der Waals surface area contributed by atoms with Gasteiger partial charge >= 0.3 is 0 Å². The van der Waals surface area contributed by atoms with Crippen molar-refractivity contribution in [3.05, 3.63) is 70.1 Å². The van der Waals surface area contributed by atoms with Crippen molar-refractivity contribution in [2.75, 3.05) is 18.6 Å². The van der Waals surface area contributed by atoms with Crippen LogP contribution < -0.4 is 19.9 Å². The number of sulfonamides is 1. The van der Waals surface area contributed by atoms with E-state index in [1.165, 1.54) is 12.3 Å². The number of carbonyl (C=O) groups is 1. The summed E-state index contributed by atoms with van der Waals surface area (Å²) >= 11 is 0. The third-order valence-electron chi connectivity index (χ3n) is 6.38. The largest absolute Gasteiger partial charge is 0.496 e. The highest BCUT2D eigenvalue weighted by Gasteiger charge is 2.39. The summed E-state index contributed by atoms with van der Waals surface area (Å²) in [6.07, 6.45) is 2.20. The molecule has 2 N–H and O–H groups in total. The number of nitrogens with zero attached hydrogens (tertiary/aromatic N) is 2. The van der Waals surface area contributed by atoms with Gasteiger partial charge in [-0.2, -0.15) is 0 Å². The van der Waals surface area contributed by atoms with Gasteiger partial charge in [-0.15, -0.1) is 0 Å². The quantitative estimate of drug-likeness (QED) is 0.521. The molecule has 0 radical (unpaired) electrons. The number of nitrogens with one attached hydrogen (secondary N) is 2. The number of H-pyrrole nitrogens is 1. The smallest absolute Gasteiger partial charge is 0.269 e. The molecule has 3 aromatic rings. The topological polar surface area (TPSA) is 121 Å².